The molecule has 210 valence electrons. The van der Waals surface area contributed by atoms with Crippen molar-refractivity contribution in [1.29, 1.82) is 0 Å². The zero-order valence-corrected chi connectivity index (χ0v) is 23.0. The number of fused-ring (bicyclic) bond motifs is 4. The monoisotopic (exact) mass is 535 g/mol. The van der Waals surface area contributed by atoms with Crippen molar-refractivity contribution in [2.45, 2.75) is 83.1 Å². The quantitative estimate of drug-likeness (QED) is 0.475. The van der Waals surface area contributed by atoms with E-state index < -0.39 is 0 Å². The molecule has 6 rings (SSSR count). The van der Waals surface area contributed by atoms with Crippen LogP contribution in [-0.2, 0) is 17.6 Å². The first-order chi connectivity index (χ1) is 19.1. The second kappa shape index (κ2) is 11.7. The molecule has 0 saturated carbocycles. The van der Waals surface area contributed by atoms with E-state index in [-0.39, 0.29) is 23.3 Å². The average molecular weight is 536 g/mol. The summed E-state index contributed by atoms with van der Waals surface area (Å²) in [5.41, 5.74) is 2.22. The molecule has 0 radical (unpaired) electrons. The molecular formula is C31H41N3O5. The third kappa shape index (κ3) is 5.72. The maximum absolute atomic E-state index is 13.5. The fraction of sp³-hybridized carbons (Fsp3) is 0.645. The van der Waals surface area contributed by atoms with Gasteiger partial charge in [0.1, 0.15) is 11.5 Å². The molecule has 4 aliphatic rings. The normalized spacial score (nSPS) is 24.2. The number of aryl methyl sites for hydroxylation is 1. The zero-order chi connectivity index (χ0) is 26.7. The number of nitrogens with zero attached hydrogens (tertiary/aromatic N) is 3. The standard InChI is InChI=1S/C31H41N3O5/c35-29-23-8-6-10-25(20-23)38-22-31(13-4-5-19-37-21-24-9-7-16-34(24)29)14-17-33(18-15-31)30(36)28-26-11-2-1-3-12-27(26)39-32-28/h6,8,10,20,24H,1-5,7,9,11-19,21-22H2/t24-/m0/s1. The predicted octanol–water partition coefficient (Wildman–Crippen LogP) is 5.05. The number of carbonyl (C=O) groups is 2. The molecule has 8 heteroatoms. The summed E-state index contributed by atoms with van der Waals surface area (Å²) in [6.07, 6.45) is 12.0. The number of rotatable bonds is 1. The first-order valence-electron chi connectivity index (χ1n) is 15.0. The van der Waals surface area contributed by atoms with Crippen molar-refractivity contribution in [3.63, 3.8) is 0 Å². The Hall–Kier alpha value is -2.87. The van der Waals surface area contributed by atoms with Gasteiger partial charge < -0.3 is 23.8 Å². The average Bonchev–Trinajstić information content (AvgIpc) is 3.53. The molecule has 2 saturated heterocycles. The molecule has 0 N–H and O–H groups in total. The lowest BCUT2D eigenvalue weighted by molar-refractivity contribution is 0.0326. The van der Waals surface area contributed by atoms with Gasteiger partial charge in [-0.1, -0.05) is 24.1 Å². The summed E-state index contributed by atoms with van der Waals surface area (Å²) in [5, 5.41) is 4.22. The number of piperidine rings is 1. The van der Waals surface area contributed by atoms with Gasteiger partial charge in [-0.15, -0.1) is 0 Å². The Morgan fingerprint density at radius 1 is 0.974 bits per heavy atom. The van der Waals surface area contributed by atoms with Crippen LogP contribution in [0.2, 0.25) is 0 Å². The molecule has 39 heavy (non-hydrogen) atoms. The summed E-state index contributed by atoms with van der Waals surface area (Å²) in [6.45, 7) is 4.07. The molecule has 0 unspecified atom stereocenters. The highest BCUT2D eigenvalue weighted by Gasteiger charge is 2.38. The summed E-state index contributed by atoms with van der Waals surface area (Å²) in [6, 6.07) is 7.79. The van der Waals surface area contributed by atoms with Crippen molar-refractivity contribution in [3.05, 3.63) is 46.8 Å². The Balaban J connectivity index is 1.15. The maximum atomic E-state index is 13.5. The van der Waals surface area contributed by atoms with Gasteiger partial charge in [0, 0.05) is 49.2 Å². The van der Waals surface area contributed by atoms with Gasteiger partial charge in [-0.2, -0.15) is 0 Å². The Morgan fingerprint density at radius 3 is 2.74 bits per heavy atom. The van der Waals surface area contributed by atoms with E-state index in [9.17, 15) is 9.59 Å². The molecule has 2 bridgehead atoms. The molecule has 1 atom stereocenters. The van der Waals surface area contributed by atoms with Gasteiger partial charge >= 0.3 is 0 Å². The first kappa shape index (κ1) is 26.4. The summed E-state index contributed by atoms with van der Waals surface area (Å²) in [4.78, 5) is 30.7. The molecule has 1 aromatic carbocycles. The van der Waals surface area contributed by atoms with Crippen LogP contribution in [-0.4, -0.2) is 72.3 Å². The minimum atomic E-state index is -0.0162. The van der Waals surface area contributed by atoms with E-state index in [1.807, 2.05) is 34.1 Å². The van der Waals surface area contributed by atoms with Gasteiger partial charge in [-0.05, 0) is 76.0 Å². The van der Waals surface area contributed by atoms with Gasteiger partial charge in [0.25, 0.3) is 11.8 Å². The highest BCUT2D eigenvalue weighted by Crippen LogP contribution is 2.38. The Bertz CT molecular complexity index is 1170. The smallest absolute Gasteiger partial charge is 0.276 e. The third-order valence-electron chi connectivity index (χ3n) is 9.33. The summed E-state index contributed by atoms with van der Waals surface area (Å²) in [5.74, 6) is 1.72. The molecule has 2 amide bonds. The maximum Gasteiger partial charge on any atom is 0.276 e. The summed E-state index contributed by atoms with van der Waals surface area (Å²) in [7, 11) is 0. The molecule has 1 aliphatic carbocycles. The molecule has 1 aromatic heterocycles. The van der Waals surface area contributed by atoms with E-state index in [4.69, 9.17) is 14.0 Å². The minimum Gasteiger partial charge on any atom is -0.493 e. The fourth-order valence-corrected chi connectivity index (χ4v) is 6.85. The van der Waals surface area contributed by atoms with Crippen molar-refractivity contribution in [3.8, 4) is 5.75 Å². The SMILES string of the molecule is O=C(c1noc2c1CCCCC2)N1CCC2(CCCCOC[C@@H]3CCCN3C(=O)c3cccc(c3)OC2)CC1. The van der Waals surface area contributed by atoms with Crippen molar-refractivity contribution in [2.75, 3.05) is 39.5 Å². The van der Waals surface area contributed by atoms with Gasteiger partial charge in [0.2, 0.25) is 0 Å². The van der Waals surface area contributed by atoms with Crippen LogP contribution in [0.1, 0.15) is 96.4 Å². The predicted molar refractivity (Wildman–Crippen MR) is 146 cm³/mol. The molecule has 4 heterocycles. The number of ether oxygens (including phenoxy) is 2. The van der Waals surface area contributed by atoms with Crippen molar-refractivity contribution in [2.24, 2.45) is 5.41 Å². The van der Waals surface area contributed by atoms with Crippen LogP contribution in [0.5, 0.6) is 5.75 Å². The lowest BCUT2D eigenvalue weighted by Gasteiger charge is -2.41. The molecule has 3 aliphatic heterocycles. The van der Waals surface area contributed by atoms with Gasteiger partial charge in [0.15, 0.2) is 5.69 Å². The highest BCUT2D eigenvalue weighted by molar-refractivity contribution is 5.95. The van der Waals surface area contributed by atoms with Crippen LogP contribution in [0.15, 0.2) is 28.8 Å². The van der Waals surface area contributed by atoms with E-state index >= 15 is 0 Å². The van der Waals surface area contributed by atoms with Gasteiger partial charge in [-0.25, -0.2) is 0 Å². The Kier molecular flexibility index (Phi) is 7.91. The number of likely N-dealkylation sites (tertiary alicyclic amines) is 1. The van der Waals surface area contributed by atoms with Crippen molar-refractivity contribution < 1.29 is 23.6 Å². The van der Waals surface area contributed by atoms with Crippen LogP contribution < -0.4 is 4.74 Å². The fourth-order valence-electron chi connectivity index (χ4n) is 6.85. The molecule has 1 spiro atoms. The first-order valence-corrected chi connectivity index (χ1v) is 15.0. The lowest BCUT2D eigenvalue weighted by Crippen LogP contribution is -2.45. The van der Waals surface area contributed by atoms with Crippen LogP contribution in [0.3, 0.4) is 0 Å². The highest BCUT2D eigenvalue weighted by atomic mass is 16.5. The molecule has 2 fully saturated rings. The lowest BCUT2D eigenvalue weighted by atomic mass is 9.75. The second-order valence-electron chi connectivity index (χ2n) is 11.9. The van der Waals surface area contributed by atoms with E-state index in [0.29, 0.717) is 44.2 Å². The van der Waals surface area contributed by atoms with Crippen LogP contribution >= 0.6 is 0 Å². The number of carbonyl (C=O) groups excluding carboxylic acids is 2. The van der Waals surface area contributed by atoms with E-state index in [1.54, 1.807) is 0 Å². The summed E-state index contributed by atoms with van der Waals surface area (Å²) < 4.78 is 18.0. The Labute approximate surface area is 231 Å². The van der Waals surface area contributed by atoms with E-state index in [0.717, 1.165) is 94.2 Å². The molecule has 2 aromatic rings. The number of benzene rings is 1. The largest absolute Gasteiger partial charge is 0.493 e. The number of aromatic nitrogens is 1. The van der Waals surface area contributed by atoms with Crippen LogP contribution in [0.4, 0.5) is 0 Å². The third-order valence-corrected chi connectivity index (χ3v) is 9.33. The Morgan fingerprint density at radius 2 is 1.85 bits per heavy atom. The zero-order valence-electron chi connectivity index (χ0n) is 23.0. The summed E-state index contributed by atoms with van der Waals surface area (Å²) >= 11 is 0. The second-order valence-corrected chi connectivity index (χ2v) is 11.9. The number of hydrogen-bond acceptors (Lipinski definition) is 6. The van der Waals surface area contributed by atoms with Gasteiger partial charge in [-0.3, -0.25) is 9.59 Å². The minimum absolute atomic E-state index is 0.00923. The van der Waals surface area contributed by atoms with Crippen molar-refractivity contribution in [1.82, 2.24) is 15.0 Å². The van der Waals surface area contributed by atoms with E-state index in [2.05, 4.69) is 5.16 Å². The molecular weight excluding hydrogens is 494 g/mol. The number of hydrogen-bond donors (Lipinski definition) is 0. The van der Waals surface area contributed by atoms with Crippen LogP contribution in [0, 0.1) is 5.41 Å². The van der Waals surface area contributed by atoms with Crippen molar-refractivity contribution >= 4 is 11.8 Å². The molecule has 8 nitrogen and oxygen atoms in total. The van der Waals surface area contributed by atoms with E-state index in [1.165, 1.54) is 6.42 Å². The topological polar surface area (TPSA) is 85.1 Å². The number of amides is 2. The van der Waals surface area contributed by atoms with Gasteiger partial charge in [0.05, 0.1) is 19.3 Å². The van der Waals surface area contributed by atoms with Crippen LogP contribution in [0.25, 0.3) is 0 Å².